The van der Waals surface area contributed by atoms with E-state index in [1.807, 2.05) is 41.5 Å². The molecule has 5 heteroatoms. The Bertz CT molecular complexity index is 270. The van der Waals surface area contributed by atoms with Crippen molar-refractivity contribution in [3.8, 4) is 0 Å². The van der Waals surface area contributed by atoms with Crippen LogP contribution in [0.25, 0.3) is 0 Å². The van der Waals surface area contributed by atoms with Gasteiger partial charge in [-0.05, 0) is 33.6 Å². The van der Waals surface area contributed by atoms with Gasteiger partial charge in [-0.15, -0.1) is 0 Å². The molecule has 0 heterocycles. The summed E-state index contributed by atoms with van der Waals surface area (Å²) in [5.41, 5.74) is -0.471. The molecule has 1 amide bonds. The molecule has 0 aromatic heterocycles. The first-order chi connectivity index (χ1) is 8.26. The lowest BCUT2D eigenvalue weighted by atomic mass is 10.2. The van der Waals surface area contributed by atoms with Crippen LogP contribution in [0.2, 0.25) is 0 Å². The van der Waals surface area contributed by atoms with E-state index in [-0.39, 0.29) is 6.09 Å². The maximum absolute atomic E-state index is 11.8. The van der Waals surface area contributed by atoms with Gasteiger partial charge in [0.25, 0.3) is 0 Å². The van der Waals surface area contributed by atoms with Gasteiger partial charge < -0.3 is 14.5 Å². The van der Waals surface area contributed by atoms with Crippen LogP contribution in [0.15, 0.2) is 5.16 Å². The monoisotopic (exact) mass is 258 g/mol. The number of oxime groups is 1. The highest BCUT2D eigenvalue weighted by molar-refractivity contribution is 5.68. The van der Waals surface area contributed by atoms with Gasteiger partial charge in [0.05, 0.1) is 6.54 Å². The zero-order chi connectivity index (χ0) is 14.2. The van der Waals surface area contributed by atoms with Crippen molar-refractivity contribution >= 4 is 12.3 Å². The van der Waals surface area contributed by atoms with E-state index in [1.54, 1.807) is 11.1 Å². The SMILES string of the molecule is CCN(CCO/N=C/C(C)C)C(=O)OC(C)(C)C. The number of rotatable bonds is 6. The average molecular weight is 258 g/mol. The Morgan fingerprint density at radius 1 is 1.39 bits per heavy atom. The van der Waals surface area contributed by atoms with Crippen LogP contribution in [0.3, 0.4) is 0 Å². The van der Waals surface area contributed by atoms with E-state index in [0.29, 0.717) is 25.6 Å². The molecule has 106 valence electrons. The van der Waals surface area contributed by atoms with Crippen molar-refractivity contribution in [1.82, 2.24) is 4.90 Å². The van der Waals surface area contributed by atoms with E-state index >= 15 is 0 Å². The molecule has 0 aliphatic rings. The highest BCUT2D eigenvalue weighted by Gasteiger charge is 2.20. The highest BCUT2D eigenvalue weighted by Crippen LogP contribution is 2.09. The smallest absolute Gasteiger partial charge is 0.410 e. The molecule has 0 bridgehead atoms. The zero-order valence-corrected chi connectivity index (χ0v) is 12.4. The lowest BCUT2D eigenvalue weighted by Gasteiger charge is -2.26. The maximum atomic E-state index is 11.8. The summed E-state index contributed by atoms with van der Waals surface area (Å²) in [5.74, 6) is 0.359. The second-order valence-corrected chi connectivity index (χ2v) is 5.39. The second-order valence-electron chi connectivity index (χ2n) is 5.39. The van der Waals surface area contributed by atoms with E-state index in [2.05, 4.69) is 5.16 Å². The summed E-state index contributed by atoms with van der Waals surface area (Å²) in [5, 5.41) is 3.81. The Hall–Kier alpha value is -1.26. The van der Waals surface area contributed by atoms with Gasteiger partial charge in [0, 0.05) is 12.8 Å². The molecule has 0 radical (unpaired) electrons. The zero-order valence-electron chi connectivity index (χ0n) is 12.4. The van der Waals surface area contributed by atoms with Crippen molar-refractivity contribution in [2.24, 2.45) is 11.1 Å². The lowest BCUT2D eigenvalue weighted by molar-refractivity contribution is 0.0191. The number of amides is 1. The Morgan fingerprint density at radius 2 is 2.00 bits per heavy atom. The normalized spacial score (nSPS) is 11.9. The van der Waals surface area contributed by atoms with Crippen molar-refractivity contribution in [2.45, 2.75) is 47.1 Å². The largest absolute Gasteiger partial charge is 0.444 e. The highest BCUT2D eigenvalue weighted by atomic mass is 16.6. The van der Waals surface area contributed by atoms with E-state index in [9.17, 15) is 4.79 Å². The van der Waals surface area contributed by atoms with Crippen LogP contribution in [0.5, 0.6) is 0 Å². The van der Waals surface area contributed by atoms with Crippen LogP contribution in [-0.4, -0.2) is 42.5 Å². The fourth-order valence-electron chi connectivity index (χ4n) is 1.07. The van der Waals surface area contributed by atoms with Crippen LogP contribution in [0.1, 0.15) is 41.5 Å². The average Bonchev–Trinajstić information content (AvgIpc) is 2.20. The van der Waals surface area contributed by atoms with Crippen molar-refractivity contribution in [2.75, 3.05) is 19.7 Å². The first-order valence-electron chi connectivity index (χ1n) is 6.39. The predicted octanol–water partition coefficient (Wildman–Crippen LogP) is 2.90. The number of likely N-dealkylation sites (N-methyl/N-ethyl adjacent to an activating group) is 1. The van der Waals surface area contributed by atoms with Gasteiger partial charge in [-0.2, -0.15) is 0 Å². The molecule has 0 atom stereocenters. The summed E-state index contributed by atoms with van der Waals surface area (Å²) in [6, 6.07) is 0. The Labute approximate surface area is 110 Å². The predicted molar refractivity (Wildman–Crippen MR) is 72.8 cm³/mol. The van der Waals surface area contributed by atoms with Crippen molar-refractivity contribution in [1.29, 1.82) is 0 Å². The maximum Gasteiger partial charge on any atom is 0.410 e. The first-order valence-corrected chi connectivity index (χ1v) is 6.39. The molecule has 0 N–H and O–H groups in total. The molecule has 0 aliphatic heterocycles. The van der Waals surface area contributed by atoms with Crippen LogP contribution in [0, 0.1) is 5.92 Å². The van der Waals surface area contributed by atoms with Crippen molar-refractivity contribution in [3.63, 3.8) is 0 Å². The topological polar surface area (TPSA) is 51.1 Å². The third kappa shape index (κ3) is 8.84. The Kier molecular flexibility index (Phi) is 7.39. The van der Waals surface area contributed by atoms with Crippen molar-refractivity contribution in [3.05, 3.63) is 0 Å². The quantitative estimate of drug-likeness (QED) is 0.418. The standard InChI is InChI=1S/C13H26N2O3/c1-7-15(12(16)18-13(4,5)6)8-9-17-14-10-11(2)3/h10-11H,7-9H2,1-6H3/b14-10+. The third-order valence-corrected chi connectivity index (χ3v) is 1.92. The minimum atomic E-state index is -0.471. The Balaban J connectivity index is 4.00. The van der Waals surface area contributed by atoms with Crippen LogP contribution >= 0.6 is 0 Å². The molecule has 0 fully saturated rings. The van der Waals surface area contributed by atoms with Gasteiger partial charge in [0.2, 0.25) is 0 Å². The number of hydrogen-bond donors (Lipinski definition) is 0. The minimum Gasteiger partial charge on any atom is -0.444 e. The van der Waals surface area contributed by atoms with Gasteiger partial charge in [0.15, 0.2) is 0 Å². The number of hydrogen-bond acceptors (Lipinski definition) is 4. The summed E-state index contributed by atoms with van der Waals surface area (Å²) in [6.07, 6.45) is 1.41. The molecule has 0 aromatic carbocycles. The van der Waals surface area contributed by atoms with E-state index in [1.165, 1.54) is 0 Å². The van der Waals surface area contributed by atoms with E-state index < -0.39 is 5.60 Å². The van der Waals surface area contributed by atoms with Gasteiger partial charge in [-0.25, -0.2) is 4.79 Å². The molecule has 0 aliphatic carbocycles. The molecule has 0 unspecified atom stereocenters. The molecule has 18 heavy (non-hydrogen) atoms. The summed E-state index contributed by atoms with van der Waals surface area (Å²) < 4.78 is 5.28. The molecular formula is C13H26N2O3. The molecular weight excluding hydrogens is 232 g/mol. The molecule has 0 saturated heterocycles. The van der Waals surface area contributed by atoms with E-state index in [4.69, 9.17) is 9.57 Å². The van der Waals surface area contributed by atoms with Crippen LogP contribution in [0.4, 0.5) is 4.79 Å². The lowest BCUT2D eigenvalue weighted by Crippen LogP contribution is -2.38. The number of ether oxygens (including phenoxy) is 1. The summed E-state index contributed by atoms with van der Waals surface area (Å²) in [6.45, 7) is 12.9. The molecule has 0 spiro atoms. The number of carbonyl (C=O) groups is 1. The fourth-order valence-corrected chi connectivity index (χ4v) is 1.07. The number of nitrogens with zero attached hydrogens (tertiary/aromatic N) is 2. The van der Waals surface area contributed by atoms with Gasteiger partial charge >= 0.3 is 6.09 Å². The minimum absolute atomic E-state index is 0.318. The molecule has 5 nitrogen and oxygen atoms in total. The summed E-state index contributed by atoms with van der Waals surface area (Å²) >= 11 is 0. The summed E-state index contributed by atoms with van der Waals surface area (Å²) in [4.78, 5) is 18.4. The molecule has 0 saturated carbocycles. The van der Waals surface area contributed by atoms with E-state index in [0.717, 1.165) is 0 Å². The summed E-state index contributed by atoms with van der Waals surface area (Å²) in [7, 11) is 0. The van der Waals surface area contributed by atoms with Crippen LogP contribution < -0.4 is 0 Å². The van der Waals surface area contributed by atoms with Gasteiger partial charge in [0.1, 0.15) is 12.2 Å². The molecule has 0 aromatic rings. The third-order valence-electron chi connectivity index (χ3n) is 1.92. The second kappa shape index (κ2) is 7.95. The van der Waals surface area contributed by atoms with Gasteiger partial charge in [-0.1, -0.05) is 19.0 Å². The fraction of sp³-hybridized carbons (Fsp3) is 0.846. The van der Waals surface area contributed by atoms with Crippen molar-refractivity contribution < 1.29 is 14.4 Å². The Morgan fingerprint density at radius 3 is 2.44 bits per heavy atom. The molecule has 0 rings (SSSR count). The van der Waals surface area contributed by atoms with Crippen LogP contribution in [-0.2, 0) is 9.57 Å². The first kappa shape index (κ1) is 16.7. The number of carbonyl (C=O) groups excluding carboxylic acids is 1. The van der Waals surface area contributed by atoms with Gasteiger partial charge in [-0.3, -0.25) is 0 Å².